The fourth-order valence-corrected chi connectivity index (χ4v) is 1.71. The Hall–Kier alpha value is -0.960. The molecule has 0 spiro atoms. The van der Waals surface area contributed by atoms with Crippen LogP contribution in [0.4, 0.5) is 0 Å². The summed E-state index contributed by atoms with van der Waals surface area (Å²) in [4.78, 5) is 11.7. The Kier molecular flexibility index (Phi) is 2.77. The number of hydrogen-bond acceptors (Lipinski definition) is 3. The predicted octanol–water partition coefficient (Wildman–Crippen LogP) is 2.76. The van der Waals surface area contributed by atoms with Crippen molar-refractivity contribution in [1.29, 1.82) is 0 Å². The van der Waals surface area contributed by atoms with Crippen LogP contribution in [0.3, 0.4) is 0 Å². The molecule has 0 aliphatic heterocycles. The van der Waals surface area contributed by atoms with Gasteiger partial charge >= 0.3 is 0 Å². The Morgan fingerprint density at radius 1 is 1.43 bits per heavy atom. The molecule has 2 rings (SSSR count). The summed E-state index contributed by atoms with van der Waals surface area (Å²) in [5.74, 6) is 0.821. The van der Waals surface area contributed by atoms with Crippen molar-refractivity contribution in [2.24, 2.45) is 0 Å². The quantitative estimate of drug-likeness (QED) is 0.562. The van der Waals surface area contributed by atoms with Crippen molar-refractivity contribution in [1.82, 2.24) is 0 Å². The highest BCUT2D eigenvalue weighted by molar-refractivity contribution is 7.98. The molecule has 1 aliphatic rings. The standard InChI is InChI=1S/C11H12O2S/c1-14-11-5-8(7-12)4-10(6-11)13-9-2-3-9/h4-7,9H,2-3H2,1H3. The van der Waals surface area contributed by atoms with Crippen molar-refractivity contribution in [3.63, 3.8) is 0 Å². The van der Waals surface area contributed by atoms with E-state index in [0.29, 0.717) is 11.7 Å². The van der Waals surface area contributed by atoms with Crippen LogP contribution in [0.2, 0.25) is 0 Å². The first-order valence-corrected chi connectivity index (χ1v) is 5.85. The van der Waals surface area contributed by atoms with Crippen LogP contribution in [0.5, 0.6) is 5.75 Å². The summed E-state index contributed by atoms with van der Waals surface area (Å²) in [5, 5.41) is 0. The number of benzene rings is 1. The molecule has 0 bridgehead atoms. The van der Waals surface area contributed by atoms with Crippen molar-refractivity contribution in [3.8, 4) is 5.75 Å². The number of hydrogen-bond donors (Lipinski definition) is 0. The predicted molar refractivity (Wildman–Crippen MR) is 57.3 cm³/mol. The van der Waals surface area contributed by atoms with Crippen molar-refractivity contribution >= 4 is 18.0 Å². The maximum atomic E-state index is 10.7. The zero-order valence-electron chi connectivity index (χ0n) is 8.03. The second-order valence-corrected chi connectivity index (χ2v) is 4.26. The molecule has 1 aromatic rings. The topological polar surface area (TPSA) is 26.3 Å². The second kappa shape index (κ2) is 4.05. The van der Waals surface area contributed by atoms with Crippen molar-refractivity contribution < 1.29 is 9.53 Å². The van der Waals surface area contributed by atoms with E-state index in [4.69, 9.17) is 4.74 Å². The molecule has 0 unspecified atom stereocenters. The zero-order chi connectivity index (χ0) is 9.97. The van der Waals surface area contributed by atoms with Gasteiger partial charge in [0, 0.05) is 10.5 Å². The number of carbonyl (C=O) groups excluding carboxylic acids is 1. The van der Waals surface area contributed by atoms with E-state index < -0.39 is 0 Å². The molecule has 0 aromatic heterocycles. The molecule has 74 valence electrons. The normalized spacial score (nSPS) is 15.2. The minimum Gasteiger partial charge on any atom is -0.490 e. The van der Waals surface area contributed by atoms with E-state index in [9.17, 15) is 4.79 Å². The van der Waals surface area contributed by atoms with Crippen molar-refractivity contribution in [2.45, 2.75) is 23.8 Å². The number of thioether (sulfide) groups is 1. The largest absolute Gasteiger partial charge is 0.490 e. The van der Waals surface area contributed by atoms with Crippen LogP contribution < -0.4 is 4.74 Å². The number of ether oxygens (including phenoxy) is 1. The third kappa shape index (κ3) is 2.29. The Bertz CT molecular complexity index is 345. The first-order valence-electron chi connectivity index (χ1n) is 4.63. The summed E-state index contributed by atoms with van der Waals surface area (Å²) in [6.45, 7) is 0. The fraction of sp³-hybridized carbons (Fsp3) is 0.364. The molecule has 1 aliphatic carbocycles. The maximum Gasteiger partial charge on any atom is 0.150 e. The van der Waals surface area contributed by atoms with Crippen LogP contribution >= 0.6 is 11.8 Å². The lowest BCUT2D eigenvalue weighted by molar-refractivity contribution is 0.112. The van der Waals surface area contributed by atoms with Gasteiger partial charge in [-0.2, -0.15) is 0 Å². The fourth-order valence-electron chi connectivity index (χ4n) is 1.23. The van der Waals surface area contributed by atoms with Gasteiger partial charge in [0.1, 0.15) is 12.0 Å². The highest BCUT2D eigenvalue weighted by Crippen LogP contribution is 2.29. The molecule has 0 radical (unpaired) electrons. The maximum absolute atomic E-state index is 10.7. The molecule has 1 saturated carbocycles. The van der Waals surface area contributed by atoms with Gasteiger partial charge in [0.2, 0.25) is 0 Å². The van der Waals surface area contributed by atoms with Crippen LogP contribution in [-0.2, 0) is 0 Å². The van der Waals surface area contributed by atoms with Gasteiger partial charge in [-0.1, -0.05) is 0 Å². The van der Waals surface area contributed by atoms with Gasteiger partial charge in [0.25, 0.3) is 0 Å². The van der Waals surface area contributed by atoms with E-state index in [2.05, 4.69) is 0 Å². The van der Waals surface area contributed by atoms with Gasteiger partial charge in [0.05, 0.1) is 6.10 Å². The highest BCUT2D eigenvalue weighted by Gasteiger charge is 2.23. The zero-order valence-corrected chi connectivity index (χ0v) is 8.84. The SMILES string of the molecule is CSc1cc(C=O)cc(OC2CC2)c1. The van der Waals surface area contributed by atoms with Gasteiger partial charge in [-0.15, -0.1) is 11.8 Å². The molecule has 0 saturated heterocycles. The molecule has 14 heavy (non-hydrogen) atoms. The van der Waals surface area contributed by atoms with Crippen molar-refractivity contribution in [2.75, 3.05) is 6.26 Å². The lowest BCUT2D eigenvalue weighted by Crippen LogP contribution is -1.96. The molecular weight excluding hydrogens is 196 g/mol. The summed E-state index contributed by atoms with van der Waals surface area (Å²) < 4.78 is 5.64. The van der Waals surface area contributed by atoms with Crippen LogP contribution in [0, 0.1) is 0 Å². The van der Waals surface area contributed by atoms with E-state index in [1.807, 2.05) is 18.4 Å². The molecule has 0 heterocycles. The van der Waals surface area contributed by atoms with Gasteiger partial charge in [-0.05, 0) is 37.3 Å². The second-order valence-electron chi connectivity index (χ2n) is 3.38. The molecule has 2 nitrogen and oxygen atoms in total. The van der Waals surface area contributed by atoms with Crippen LogP contribution in [0.1, 0.15) is 23.2 Å². The minimum atomic E-state index is 0.381. The van der Waals surface area contributed by atoms with Gasteiger partial charge in [-0.25, -0.2) is 0 Å². The minimum absolute atomic E-state index is 0.381. The monoisotopic (exact) mass is 208 g/mol. The lowest BCUT2D eigenvalue weighted by Gasteiger charge is -2.06. The molecule has 0 N–H and O–H groups in total. The van der Waals surface area contributed by atoms with Crippen LogP contribution in [0.15, 0.2) is 23.1 Å². The molecular formula is C11H12O2S. The Morgan fingerprint density at radius 2 is 2.21 bits per heavy atom. The summed E-state index contributed by atoms with van der Waals surface area (Å²) in [6.07, 6.45) is 5.51. The summed E-state index contributed by atoms with van der Waals surface area (Å²) in [7, 11) is 0. The first-order chi connectivity index (χ1) is 6.81. The third-order valence-electron chi connectivity index (χ3n) is 2.10. The lowest BCUT2D eigenvalue weighted by atomic mass is 10.2. The third-order valence-corrected chi connectivity index (χ3v) is 2.81. The van der Waals surface area contributed by atoms with Crippen molar-refractivity contribution in [3.05, 3.63) is 23.8 Å². The van der Waals surface area contributed by atoms with E-state index >= 15 is 0 Å². The van der Waals surface area contributed by atoms with Crippen LogP contribution in [-0.4, -0.2) is 18.6 Å². The van der Waals surface area contributed by atoms with Gasteiger partial charge in [-0.3, -0.25) is 4.79 Å². The number of carbonyl (C=O) groups is 1. The Balaban J connectivity index is 2.23. The molecule has 1 aromatic carbocycles. The highest BCUT2D eigenvalue weighted by atomic mass is 32.2. The smallest absolute Gasteiger partial charge is 0.150 e. The average Bonchev–Trinajstić information content (AvgIpc) is 3.01. The van der Waals surface area contributed by atoms with E-state index in [1.54, 1.807) is 17.8 Å². The summed E-state index contributed by atoms with van der Waals surface area (Å²) >= 11 is 1.62. The molecule has 1 fully saturated rings. The Labute approximate surface area is 87.6 Å². The summed E-state index contributed by atoms with van der Waals surface area (Å²) in [6, 6.07) is 5.65. The van der Waals surface area contributed by atoms with Gasteiger partial charge in [0.15, 0.2) is 0 Å². The Morgan fingerprint density at radius 3 is 2.79 bits per heavy atom. The van der Waals surface area contributed by atoms with Crippen LogP contribution in [0.25, 0.3) is 0 Å². The van der Waals surface area contributed by atoms with Gasteiger partial charge < -0.3 is 4.74 Å². The molecule has 0 atom stereocenters. The van der Waals surface area contributed by atoms with E-state index in [0.717, 1.165) is 29.8 Å². The van der Waals surface area contributed by atoms with E-state index in [-0.39, 0.29) is 0 Å². The molecule has 0 amide bonds. The van der Waals surface area contributed by atoms with E-state index in [1.165, 1.54) is 0 Å². The molecule has 3 heteroatoms. The number of aldehydes is 1. The summed E-state index contributed by atoms with van der Waals surface area (Å²) in [5.41, 5.74) is 0.688. The number of rotatable bonds is 4. The average molecular weight is 208 g/mol. The first kappa shape index (κ1) is 9.59.